The van der Waals surface area contributed by atoms with E-state index in [1.54, 1.807) is 18.4 Å². The molecule has 29 heavy (non-hydrogen) atoms. The molecule has 0 spiro atoms. The topological polar surface area (TPSA) is 64.2 Å². The molecule has 2 heterocycles. The normalized spacial score (nSPS) is 13.4. The Labute approximate surface area is 175 Å². The van der Waals surface area contributed by atoms with E-state index in [1.807, 2.05) is 18.2 Å². The molecule has 0 saturated heterocycles. The third-order valence-corrected chi connectivity index (χ3v) is 6.70. The summed E-state index contributed by atoms with van der Waals surface area (Å²) in [5, 5.41) is 0.785. The third-order valence-electron chi connectivity index (χ3n) is 5.52. The fourth-order valence-electron chi connectivity index (χ4n) is 3.95. The smallest absolute Gasteiger partial charge is 0.260 e. The van der Waals surface area contributed by atoms with Gasteiger partial charge in [0, 0.05) is 10.4 Å². The number of thiophene rings is 1. The van der Waals surface area contributed by atoms with Gasteiger partial charge >= 0.3 is 0 Å². The van der Waals surface area contributed by atoms with Crippen LogP contribution in [0, 0.1) is 0 Å². The Morgan fingerprint density at radius 2 is 2.00 bits per heavy atom. The molecule has 0 amide bonds. The Morgan fingerprint density at radius 1 is 1.14 bits per heavy atom. The van der Waals surface area contributed by atoms with Crippen molar-refractivity contribution in [2.45, 2.75) is 58.3 Å². The largest absolute Gasteiger partial charge is 0.493 e. The number of H-pyrrole nitrogens is 1. The first-order valence-electron chi connectivity index (χ1n) is 10.6. The van der Waals surface area contributed by atoms with Gasteiger partial charge in [-0.15, -0.1) is 11.3 Å². The highest BCUT2D eigenvalue weighted by molar-refractivity contribution is 7.18. The average Bonchev–Trinajstić information content (AvgIpc) is 3.12. The molecular weight excluding hydrogens is 384 g/mol. The van der Waals surface area contributed by atoms with E-state index in [2.05, 4.69) is 11.9 Å². The van der Waals surface area contributed by atoms with Crippen LogP contribution in [0.1, 0.15) is 55.9 Å². The van der Waals surface area contributed by atoms with Crippen LogP contribution in [0.4, 0.5) is 0 Å². The van der Waals surface area contributed by atoms with E-state index in [1.165, 1.54) is 36.1 Å². The number of methoxy groups -OCH3 is 1. The summed E-state index contributed by atoms with van der Waals surface area (Å²) in [6, 6.07) is 5.72. The van der Waals surface area contributed by atoms with Gasteiger partial charge in [0.15, 0.2) is 11.5 Å². The number of unbranched alkanes of at least 4 members (excludes halogenated alkanes) is 3. The summed E-state index contributed by atoms with van der Waals surface area (Å²) < 4.78 is 11.4. The van der Waals surface area contributed by atoms with Crippen LogP contribution in [-0.4, -0.2) is 23.7 Å². The monoisotopic (exact) mass is 412 g/mol. The van der Waals surface area contributed by atoms with Crippen LogP contribution >= 0.6 is 11.3 Å². The molecule has 0 unspecified atom stereocenters. The summed E-state index contributed by atoms with van der Waals surface area (Å²) in [6.07, 6.45) is 9.04. The Hall–Kier alpha value is -2.34. The van der Waals surface area contributed by atoms with E-state index in [9.17, 15) is 4.79 Å². The minimum Gasteiger partial charge on any atom is -0.493 e. The molecule has 0 atom stereocenters. The van der Waals surface area contributed by atoms with Crippen LogP contribution < -0.4 is 15.0 Å². The second kappa shape index (κ2) is 8.99. The van der Waals surface area contributed by atoms with Gasteiger partial charge < -0.3 is 14.5 Å². The highest BCUT2D eigenvalue weighted by Crippen LogP contribution is 2.35. The van der Waals surface area contributed by atoms with E-state index in [-0.39, 0.29) is 5.56 Å². The molecule has 2 aromatic heterocycles. The number of hydrogen-bond donors (Lipinski definition) is 1. The van der Waals surface area contributed by atoms with Crippen molar-refractivity contribution < 1.29 is 9.47 Å². The number of hydrogen-bond acceptors (Lipinski definition) is 5. The number of aromatic amines is 1. The lowest BCUT2D eigenvalue weighted by atomic mass is 9.97. The number of ether oxygens (including phenoxy) is 2. The summed E-state index contributed by atoms with van der Waals surface area (Å²) in [6.45, 7) is 2.88. The van der Waals surface area contributed by atoms with Gasteiger partial charge in [0.25, 0.3) is 5.56 Å². The number of nitrogens with zero attached hydrogens (tertiary/aromatic N) is 1. The molecule has 1 aromatic carbocycles. The fourth-order valence-corrected chi connectivity index (χ4v) is 5.21. The van der Waals surface area contributed by atoms with Crippen molar-refractivity contribution >= 4 is 21.6 Å². The second-order valence-corrected chi connectivity index (χ2v) is 8.66. The molecule has 1 aliphatic rings. The molecule has 4 rings (SSSR count). The van der Waals surface area contributed by atoms with Crippen LogP contribution in [0.3, 0.4) is 0 Å². The van der Waals surface area contributed by atoms with Crippen LogP contribution in [0.15, 0.2) is 23.0 Å². The predicted molar refractivity (Wildman–Crippen MR) is 119 cm³/mol. The molecule has 0 fully saturated rings. The van der Waals surface area contributed by atoms with Gasteiger partial charge in [0.1, 0.15) is 10.7 Å². The number of nitrogens with one attached hydrogen (secondary N) is 1. The zero-order valence-electron chi connectivity index (χ0n) is 17.2. The molecule has 3 aromatic rings. The summed E-state index contributed by atoms with van der Waals surface area (Å²) in [4.78, 5) is 22.7. The van der Waals surface area contributed by atoms with Crippen LogP contribution in [0.25, 0.3) is 21.6 Å². The van der Waals surface area contributed by atoms with Crippen molar-refractivity contribution in [3.63, 3.8) is 0 Å². The quantitative estimate of drug-likeness (QED) is 0.496. The first-order valence-corrected chi connectivity index (χ1v) is 11.4. The lowest BCUT2D eigenvalue weighted by Gasteiger charge is -2.12. The predicted octanol–water partition coefficient (Wildman–Crippen LogP) is 5.50. The molecule has 1 aliphatic carbocycles. The van der Waals surface area contributed by atoms with E-state index < -0.39 is 0 Å². The third kappa shape index (κ3) is 4.17. The molecule has 5 nitrogen and oxygen atoms in total. The maximum atomic E-state index is 12.8. The minimum absolute atomic E-state index is 0.0420. The summed E-state index contributed by atoms with van der Waals surface area (Å²) >= 11 is 1.67. The van der Waals surface area contributed by atoms with Crippen molar-refractivity contribution in [2.75, 3.05) is 13.7 Å². The highest BCUT2D eigenvalue weighted by atomic mass is 32.1. The first kappa shape index (κ1) is 20.0. The zero-order chi connectivity index (χ0) is 20.2. The molecule has 0 aliphatic heterocycles. The standard InChI is InChI=1S/C23H28N2O3S/c1-3-4-5-8-13-28-17-12-11-15(14-18(17)27-2)21-24-22(26)20-16-9-6-7-10-19(16)29-23(20)25-21/h11-12,14H,3-10,13H2,1-2H3,(H,24,25,26). The number of benzene rings is 1. The van der Waals surface area contributed by atoms with Gasteiger partial charge in [0.2, 0.25) is 0 Å². The van der Waals surface area contributed by atoms with E-state index in [4.69, 9.17) is 14.5 Å². The number of aromatic nitrogens is 2. The summed E-state index contributed by atoms with van der Waals surface area (Å²) in [7, 11) is 1.63. The fraction of sp³-hybridized carbons (Fsp3) is 0.478. The van der Waals surface area contributed by atoms with Crippen LogP contribution in [0.2, 0.25) is 0 Å². The van der Waals surface area contributed by atoms with Gasteiger partial charge in [-0.3, -0.25) is 4.79 Å². The highest BCUT2D eigenvalue weighted by Gasteiger charge is 2.20. The van der Waals surface area contributed by atoms with Gasteiger partial charge in [-0.2, -0.15) is 0 Å². The van der Waals surface area contributed by atoms with Crippen molar-refractivity contribution in [2.24, 2.45) is 0 Å². The maximum Gasteiger partial charge on any atom is 0.260 e. The second-order valence-electron chi connectivity index (χ2n) is 7.58. The number of fused-ring (bicyclic) bond motifs is 3. The molecule has 154 valence electrons. The van der Waals surface area contributed by atoms with Gasteiger partial charge in [-0.25, -0.2) is 4.98 Å². The number of rotatable bonds is 8. The summed E-state index contributed by atoms with van der Waals surface area (Å²) in [5.74, 6) is 1.96. The Kier molecular flexibility index (Phi) is 6.19. The SMILES string of the molecule is CCCCCCOc1ccc(-c2nc3sc4c(c3c(=O)[nH]2)CCCC4)cc1OC. The molecule has 0 radical (unpaired) electrons. The molecule has 0 saturated carbocycles. The lowest BCUT2D eigenvalue weighted by Crippen LogP contribution is -2.11. The summed E-state index contributed by atoms with van der Waals surface area (Å²) in [5.41, 5.74) is 1.99. The van der Waals surface area contributed by atoms with Crippen molar-refractivity contribution in [3.8, 4) is 22.9 Å². The Bertz CT molecular complexity index is 1050. The average molecular weight is 413 g/mol. The maximum absolute atomic E-state index is 12.8. The molecular formula is C23H28N2O3S. The van der Waals surface area contributed by atoms with Crippen LogP contribution in [-0.2, 0) is 12.8 Å². The van der Waals surface area contributed by atoms with Crippen molar-refractivity contribution in [3.05, 3.63) is 39.0 Å². The van der Waals surface area contributed by atoms with Gasteiger partial charge in [-0.1, -0.05) is 26.2 Å². The first-order chi connectivity index (χ1) is 14.2. The van der Waals surface area contributed by atoms with Crippen molar-refractivity contribution in [1.29, 1.82) is 0 Å². The Balaban J connectivity index is 1.61. The van der Waals surface area contributed by atoms with E-state index in [0.717, 1.165) is 47.2 Å². The molecule has 6 heteroatoms. The zero-order valence-corrected chi connectivity index (χ0v) is 18.0. The lowest BCUT2D eigenvalue weighted by molar-refractivity contribution is 0.285. The van der Waals surface area contributed by atoms with Crippen LogP contribution in [0.5, 0.6) is 11.5 Å². The number of aryl methyl sites for hydroxylation is 2. The minimum atomic E-state index is -0.0420. The molecule has 0 bridgehead atoms. The van der Waals surface area contributed by atoms with Gasteiger partial charge in [-0.05, 0) is 55.9 Å². The van der Waals surface area contributed by atoms with E-state index >= 15 is 0 Å². The van der Waals surface area contributed by atoms with Crippen molar-refractivity contribution in [1.82, 2.24) is 9.97 Å². The molecule has 1 N–H and O–H groups in total. The van der Waals surface area contributed by atoms with E-state index in [0.29, 0.717) is 18.2 Å². The van der Waals surface area contributed by atoms with Gasteiger partial charge in [0.05, 0.1) is 19.1 Å². The Morgan fingerprint density at radius 3 is 2.83 bits per heavy atom.